The fraction of sp³-hybridized carbons (Fsp3) is 0.385. The highest BCUT2D eigenvalue weighted by molar-refractivity contribution is 5.21. The number of benzene rings is 1. The summed E-state index contributed by atoms with van der Waals surface area (Å²) in [5, 5.41) is 8.16. The van der Waals surface area contributed by atoms with Gasteiger partial charge in [-0.3, -0.25) is 0 Å². The van der Waals surface area contributed by atoms with E-state index in [4.69, 9.17) is 5.73 Å². The Balaban J connectivity index is 2.35. The van der Waals surface area contributed by atoms with Gasteiger partial charge < -0.3 is 10.3 Å². The molecule has 0 fully saturated rings. The van der Waals surface area contributed by atoms with Crippen molar-refractivity contribution in [1.82, 2.24) is 14.8 Å². The second-order valence-corrected chi connectivity index (χ2v) is 4.47. The van der Waals surface area contributed by atoms with Crippen LogP contribution in [0.4, 0.5) is 4.39 Å². The van der Waals surface area contributed by atoms with Gasteiger partial charge in [0.15, 0.2) is 0 Å². The number of halogens is 1. The smallest absolute Gasteiger partial charge is 0.147 e. The van der Waals surface area contributed by atoms with Crippen LogP contribution in [0.25, 0.3) is 0 Å². The van der Waals surface area contributed by atoms with Gasteiger partial charge in [-0.25, -0.2) is 4.39 Å². The summed E-state index contributed by atoms with van der Waals surface area (Å²) in [5.74, 6) is 1.26. The third kappa shape index (κ3) is 2.41. The molecule has 0 unspecified atom stereocenters. The monoisotopic (exact) mass is 248 g/mol. The first-order valence-corrected chi connectivity index (χ1v) is 5.99. The molecule has 1 heterocycles. The molecule has 96 valence electrons. The quantitative estimate of drug-likeness (QED) is 0.901. The molecule has 0 saturated heterocycles. The third-order valence-electron chi connectivity index (χ3n) is 2.84. The predicted octanol–water partition coefficient (Wildman–Crippen LogP) is 2.05. The second-order valence-electron chi connectivity index (χ2n) is 4.47. The van der Waals surface area contributed by atoms with Gasteiger partial charge in [-0.1, -0.05) is 18.2 Å². The Kier molecular flexibility index (Phi) is 3.72. The molecular weight excluding hydrogens is 231 g/mol. The average molecular weight is 248 g/mol. The zero-order valence-corrected chi connectivity index (χ0v) is 10.6. The number of nitrogens with two attached hydrogens (primary N) is 1. The van der Waals surface area contributed by atoms with Gasteiger partial charge in [0.25, 0.3) is 0 Å². The third-order valence-corrected chi connectivity index (χ3v) is 2.84. The first-order valence-electron chi connectivity index (χ1n) is 5.99. The summed E-state index contributed by atoms with van der Waals surface area (Å²) in [5.41, 5.74) is 6.25. The Labute approximate surface area is 106 Å². The Morgan fingerprint density at radius 2 is 1.89 bits per heavy atom. The van der Waals surface area contributed by atoms with E-state index in [1.54, 1.807) is 12.1 Å². The number of hydrogen-bond donors (Lipinski definition) is 1. The van der Waals surface area contributed by atoms with E-state index in [0.29, 0.717) is 18.5 Å². The van der Waals surface area contributed by atoms with Crippen LogP contribution in [0.5, 0.6) is 0 Å². The SMILES string of the molecule is CC(C)n1c(CN)nnc1Cc1ccccc1F. The minimum atomic E-state index is -0.217. The molecule has 18 heavy (non-hydrogen) atoms. The molecule has 1 aromatic heterocycles. The highest BCUT2D eigenvalue weighted by Gasteiger charge is 2.15. The summed E-state index contributed by atoms with van der Waals surface area (Å²) < 4.78 is 15.6. The number of nitrogens with zero attached hydrogens (tertiary/aromatic N) is 3. The molecule has 5 heteroatoms. The lowest BCUT2D eigenvalue weighted by Crippen LogP contribution is -2.13. The van der Waals surface area contributed by atoms with Crippen LogP contribution >= 0.6 is 0 Å². The predicted molar refractivity (Wildman–Crippen MR) is 67.5 cm³/mol. The van der Waals surface area contributed by atoms with Crippen molar-refractivity contribution in [2.24, 2.45) is 5.73 Å². The van der Waals surface area contributed by atoms with Crippen LogP contribution in [0.15, 0.2) is 24.3 Å². The van der Waals surface area contributed by atoms with Crippen molar-refractivity contribution in [3.8, 4) is 0 Å². The Morgan fingerprint density at radius 3 is 2.50 bits per heavy atom. The zero-order chi connectivity index (χ0) is 13.1. The van der Waals surface area contributed by atoms with Crippen molar-refractivity contribution >= 4 is 0 Å². The average Bonchev–Trinajstić information content (AvgIpc) is 2.75. The summed E-state index contributed by atoms with van der Waals surface area (Å²) in [7, 11) is 0. The van der Waals surface area contributed by atoms with Crippen molar-refractivity contribution in [3.05, 3.63) is 47.3 Å². The van der Waals surface area contributed by atoms with Crippen LogP contribution in [0.1, 0.15) is 37.1 Å². The van der Waals surface area contributed by atoms with E-state index < -0.39 is 0 Å². The van der Waals surface area contributed by atoms with Crippen LogP contribution in [-0.2, 0) is 13.0 Å². The van der Waals surface area contributed by atoms with Crippen LogP contribution < -0.4 is 5.73 Å². The molecule has 2 rings (SSSR count). The van der Waals surface area contributed by atoms with Crippen molar-refractivity contribution in [2.75, 3.05) is 0 Å². The maximum absolute atomic E-state index is 13.6. The van der Waals surface area contributed by atoms with Crippen LogP contribution in [-0.4, -0.2) is 14.8 Å². The van der Waals surface area contributed by atoms with Gasteiger partial charge in [0.05, 0.1) is 6.54 Å². The standard InChI is InChI=1S/C13H17FN4/c1-9(2)18-12(16-17-13(18)8-15)7-10-5-3-4-6-11(10)14/h3-6,9H,7-8,15H2,1-2H3. The van der Waals surface area contributed by atoms with Gasteiger partial charge in [0.2, 0.25) is 0 Å². The Morgan fingerprint density at radius 1 is 1.22 bits per heavy atom. The van der Waals surface area contributed by atoms with Crippen LogP contribution in [0.3, 0.4) is 0 Å². The summed E-state index contributed by atoms with van der Waals surface area (Å²) in [4.78, 5) is 0. The van der Waals surface area contributed by atoms with Gasteiger partial charge in [-0.2, -0.15) is 0 Å². The molecule has 1 aromatic carbocycles. The first-order chi connectivity index (χ1) is 8.63. The lowest BCUT2D eigenvalue weighted by Gasteiger charge is -2.13. The van der Waals surface area contributed by atoms with Crippen molar-refractivity contribution in [2.45, 2.75) is 32.9 Å². The molecule has 0 saturated carbocycles. The topological polar surface area (TPSA) is 56.7 Å². The van der Waals surface area contributed by atoms with Gasteiger partial charge in [0, 0.05) is 12.5 Å². The first kappa shape index (κ1) is 12.7. The van der Waals surface area contributed by atoms with Crippen molar-refractivity contribution in [3.63, 3.8) is 0 Å². The maximum Gasteiger partial charge on any atom is 0.147 e. The Bertz CT molecular complexity index is 534. The summed E-state index contributed by atoms with van der Waals surface area (Å²) in [6.45, 7) is 4.41. The zero-order valence-electron chi connectivity index (χ0n) is 10.6. The number of aromatic nitrogens is 3. The van der Waals surface area contributed by atoms with Gasteiger partial charge in [-0.15, -0.1) is 10.2 Å². The van der Waals surface area contributed by atoms with E-state index in [1.165, 1.54) is 6.07 Å². The van der Waals surface area contributed by atoms with Crippen molar-refractivity contribution in [1.29, 1.82) is 0 Å². The lowest BCUT2D eigenvalue weighted by molar-refractivity contribution is 0.543. The maximum atomic E-state index is 13.6. The molecule has 0 bridgehead atoms. The summed E-state index contributed by atoms with van der Waals surface area (Å²) in [6.07, 6.45) is 0.428. The van der Waals surface area contributed by atoms with Gasteiger partial charge in [-0.05, 0) is 25.5 Å². The minimum Gasteiger partial charge on any atom is -0.324 e. The molecule has 2 aromatic rings. The molecule has 0 aliphatic heterocycles. The minimum absolute atomic E-state index is 0.209. The van der Waals surface area contributed by atoms with E-state index in [2.05, 4.69) is 10.2 Å². The Hall–Kier alpha value is -1.75. The molecule has 0 spiro atoms. The number of hydrogen-bond acceptors (Lipinski definition) is 3. The van der Waals surface area contributed by atoms with Crippen LogP contribution in [0.2, 0.25) is 0 Å². The molecule has 0 radical (unpaired) electrons. The van der Waals surface area contributed by atoms with E-state index in [0.717, 1.165) is 11.6 Å². The molecule has 0 amide bonds. The van der Waals surface area contributed by atoms with Crippen LogP contribution in [0, 0.1) is 5.82 Å². The fourth-order valence-electron chi connectivity index (χ4n) is 2.03. The molecule has 4 nitrogen and oxygen atoms in total. The molecule has 0 atom stereocenters. The van der Waals surface area contributed by atoms with Gasteiger partial charge >= 0.3 is 0 Å². The van der Waals surface area contributed by atoms with E-state index in [-0.39, 0.29) is 11.9 Å². The lowest BCUT2D eigenvalue weighted by atomic mass is 10.1. The highest BCUT2D eigenvalue weighted by Crippen LogP contribution is 2.16. The molecule has 0 aliphatic rings. The summed E-state index contributed by atoms with van der Waals surface area (Å²) >= 11 is 0. The molecule has 2 N–H and O–H groups in total. The van der Waals surface area contributed by atoms with E-state index in [1.807, 2.05) is 24.5 Å². The summed E-state index contributed by atoms with van der Waals surface area (Å²) in [6, 6.07) is 6.92. The fourth-order valence-corrected chi connectivity index (χ4v) is 2.03. The van der Waals surface area contributed by atoms with E-state index >= 15 is 0 Å². The van der Waals surface area contributed by atoms with E-state index in [9.17, 15) is 4.39 Å². The molecule has 0 aliphatic carbocycles. The number of rotatable bonds is 4. The normalized spacial score (nSPS) is 11.2. The molecular formula is C13H17FN4. The van der Waals surface area contributed by atoms with Crippen molar-refractivity contribution < 1.29 is 4.39 Å². The largest absolute Gasteiger partial charge is 0.324 e. The second kappa shape index (κ2) is 5.27. The highest BCUT2D eigenvalue weighted by atomic mass is 19.1. The van der Waals surface area contributed by atoms with Gasteiger partial charge in [0.1, 0.15) is 17.5 Å².